The number of pyridine rings is 1. The van der Waals surface area contributed by atoms with Crippen LogP contribution in [0.15, 0.2) is 12.1 Å². The maximum Gasteiger partial charge on any atom is 0.335 e. The van der Waals surface area contributed by atoms with Crippen LogP contribution in [0.3, 0.4) is 0 Å². The number of hydrogen-bond donors (Lipinski definition) is 2. The zero-order valence-corrected chi connectivity index (χ0v) is 10.6. The van der Waals surface area contributed by atoms with Crippen molar-refractivity contribution in [2.24, 2.45) is 5.92 Å². The largest absolute Gasteiger partial charge is 0.478 e. The molecule has 2 N–H and O–H groups in total. The van der Waals surface area contributed by atoms with E-state index in [0.29, 0.717) is 12.4 Å². The van der Waals surface area contributed by atoms with Gasteiger partial charge in [0.1, 0.15) is 11.0 Å². The summed E-state index contributed by atoms with van der Waals surface area (Å²) in [6.45, 7) is 1.63. The van der Waals surface area contributed by atoms with Crippen molar-refractivity contribution in [1.29, 1.82) is 0 Å². The molecule has 98 valence electrons. The van der Waals surface area contributed by atoms with Crippen LogP contribution in [0.25, 0.3) is 0 Å². The predicted octanol–water partition coefficient (Wildman–Crippen LogP) is 1.64. The Labute approximate surface area is 110 Å². The second kappa shape index (κ2) is 5.54. The lowest BCUT2D eigenvalue weighted by Crippen LogP contribution is -2.37. The summed E-state index contributed by atoms with van der Waals surface area (Å²) in [6.07, 6.45) is 1.95. The summed E-state index contributed by atoms with van der Waals surface area (Å²) < 4.78 is 0. The first-order valence-corrected chi connectivity index (χ1v) is 6.24. The molecule has 1 fully saturated rings. The van der Waals surface area contributed by atoms with Gasteiger partial charge in [0.05, 0.1) is 5.56 Å². The first kappa shape index (κ1) is 13.1. The number of carboxylic acid groups (broad SMARTS) is 1. The molecule has 1 aliphatic rings. The van der Waals surface area contributed by atoms with Crippen molar-refractivity contribution >= 4 is 23.4 Å². The van der Waals surface area contributed by atoms with Gasteiger partial charge in [-0.15, -0.1) is 0 Å². The third kappa shape index (κ3) is 2.91. The summed E-state index contributed by atoms with van der Waals surface area (Å²) in [4.78, 5) is 17.1. The number of piperidine rings is 1. The van der Waals surface area contributed by atoms with Crippen LogP contribution in [0.1, 0.15) is 23.2 Å². The van der Waals surface area contributed by atoms with E-state index in [0.717, 1.165) is 19.4 Å². The highest BCUT2D eigenvalue weighted by Gasteiger charge is 2.21. The third-order valence-corrected chi connectivity index (χ3v) is 3.32. The standard InChI is InChI=1S/C12H15ClN2O3/c13-10-4-9(12(17)18)5-11(14-10)15-3-1-2-8(6-15)7-16/h4-5,8,16H,1-3,6-7H2,(H,17,18). The summed E-state index contributed by atoms with van der Waals surface area (Å²) in [5.74, 6) is -0.234. The van der Waals surface area contributed by atoms with Crippen LogP contribution in [0.5, 0.6) is 0 Å². The minimum atomic E-state index is -1.02. The van der Waals surface area contributed by atoms with Gasteiger partial charge in [-0.25, -0.2) is 9.78 Å². The van der Waals surface area contributed by atoms with Crippen LogP contribution in [0.4, 0.5) is 5.82 Å². The van der Waals surface area contributed by atoms with Crippen LogP contribution < -0.4 is 4.90 Å². The molecule has 0 radical (unpaired) electrons. The fourth-order valence-corrected chi connectivity index (χ4v) is 2.39. The molecule has 6 heteroatoms. The molecule has 0 spiro atoms. The van der Waals surface area contributed by atoms with Crippen molar-refractivity contribution in [2.45, 2.75) is 12.8 Å². The summed E-state index contributed by atoms with van der Waals surface area (Å²) in [7, 11) is 0. The number of carboxylic acids is 1. The van der Waals surface area contributed by atoms with Gasteiger partial charge < -0.3 is 15.1 Å². The van der Waals surface area contributed by atoms with E-state index in [9.17, 15) is 9.90 Å². The monoisotopic (exact) mass is 270 g/mol. The molecule has 1 aliphatic heterocycles. The Balaban J connectivity index is 2.24. The van der Waals surface area contributed by atoms with E-state index in [2.05, 4.69) is 4.98 Å². The number of halogens is 1. The number of carbonyl (C=O) groups is 1. The van der Waals surface area contributed by atoms with Crippen LogP contribution in [0.2, 0.25) is 5.15 Å². The van der Waals surface area contributed by atoms with Crippen molar-refractivity contribution in [2.75, 3.05) is 24.6 Å². The summed E-state index contributed by atoms with van der Waals surface area (Å²) in [6, 6.07) is 2.86. The fraction of sp³-hybridized carbons (Fsp3) is 0.500. The van der Waals surface area contributed by atoms with E-state index >= 15 is 0 Å². The molecule has 5 nitrogen and oxygen atoms in total. The second-order valence-corrected chi connectivity index (χ2v) is 4.87. The lowest BCUT2D eigenvalue weighted by molar-refractivity contribution is 0.0696. The number of aromatic carboxylic acids is 1. The quantitative estimate of drug-likeness (QED) is 0.817. The highest BCUT2D eigenvalue weighted by atomic mass is 35.5. The molecule has 2 rings (SSSR count). The topological polar surface area (TPSA) is 73.7 Å². The molecule has 0 amide bonds. The normalized spacial score (nSPS) is 19.9. The minimum Gasteiger partial charge on any atom is -0.478 e. The molecular weight excluding hydrogens is 256 g/mol. The zero-order chi connectivity index (χ0) is 13.1. The number of hydrogen-bond acceptors (Lipinski definition) is 4. The lowest BCUT2D eigenvalue weighted by Gasteiger charge is -2.32. The van der Waals surface area contributed by atoms with E-state index < -0.39 is 5.97 Å². The van der Waals surface area contributed by atoms with Gasteiger partial charge >= 0.3 is 5.97 Å². The Morgan fingerprint density at radius 3 is 3.00 bits per heavy atom. The Kier molecular flexibility index (Phi) is 4.04. The van der Waals surface area contributed by atoms with Crippen molar-refractivity contribution in [3.63, 3.8) is 0 Å². The molecule has 1 aromatic heterocycles. The van der Waals surface area contributed by atoms with Gasteiger partial charge in [-0.1, -0.05) is 11.6 Å². The van der Waals surface area contributed by atoms with Gasteiger partial charge in [0.25, 0.3) is 0 Å². The second-order valence-electron chi connectivity index (χ2n) is 4.48. The Morgan fingerprint density at radius 1 is 1.56 bits per heavy atom. The van der Waals surface area contributed by atoms with Gasteiger partial charge in [0, 0.05) is 19.7 Å². The van der Waals surface area contributed by atoms with Gasteiger partial charge in [0.2, 0.25) is 0 Å². The Morgan fingerprint density at radius 2 is 2.33 bits per heavy atom. The van der Waals surface area contributed by atoms with Crippen LogP contribution >= 0.6 is 11.6 Å². The molecule has 0 aliphatic carbocycles. The molecule has 1 atom stereocenters. The smallest absolute Gasteiger partial charge is 0.335 e. The molecule has 1 aromatic rings. The molecule has 0 aromatic carbocycles. The van der Waals surface area contributed by atoms with Crippen molar-refractivity contribution < 1.29 is 15.0 Å². The van der Waals surface area contributed by atoms with Crippen LogP contribution in [0, 0.1) is 5.92 Å². The van der Waals surface area contributed by atoms with Crippen molar-refractivity contribution in [3.05, 3.63) is 22.8 Å². The average Bonchev–Trinajstić information content (AvgIpc) is 2.38. The minimum absolute atomic E-state index is 0.135. The Bertz CT molecular complexity index is 453. The van der Waals surface area contributed by atoms with E-state index in [1.165, 1.54) is 12.1 Å². The summed E-state index contributed by atoms with van der Waals surface area (Å²) >= 11 is 5.83. The number of aliphatic hydroxyl groups is 1. The SMILES string of the molecule is O=C(O)c1cc(Cl)nc(N2CCCC(CO)C2)c1. The first-order valence-electron chi connectivity index (χ1n) is 5.87. The molecular formula is C12H15ClN2O3. The molecule has 0 bridgehead atoms. The molecule has 2 heterocycles. The summed E-state index contributed by atoms with van der Waals surface area (Å²) in [5.41, 5.74) is 0.135. The Hall–Kier alpha value is -1.33. The van der Waals surface area contributed by atoms with Gasteiger partial charge in [-0.05, 0) is 30.9 Å². The zero-order valence-electron chi connectivity index (χ0n) is 9.84. The number of rotatable bonds is 3. The van der Waals surface area contributed by atoms with Crippen LogP contribution in [-0.2, 0) is 0 Å². The summed E-state index contributed by atoms with van der Waals surface area (Å²) in [5, 5.41) is 18.3. The highest BCUT2D eigenvalue weighted by molar-refractivity contribution is 6.29. The van der Waals surface area contributed by atoms with Gasteiger partial charge in [0.15, 0.2) is 0 Å². The third-order valence-electron chi connectivity index (χ3n) is 3.13. The molecule has 0 saturated carbocycles. The lowest BCUT2D eigenvalue weighted by atomic mass is 9.99. The maximum atomic E-state index is 11.0. The van der Waals surface area contributed by atoms with Crippen molar-refractivity contribution in [1.82, 2.24) is 4.98 Å². The van der Waals surface area contributed by atoms with E-state index in [1.54, 1.807) is 0 Å². The fourth-order valence-electron chi connectivity index (χ4n) is 2.19. The number of anilines is 1. The first-order chi connectivity index (χ1) is 8.60. The average molecular weight is 271 g/mol. The van der Waals surface area contributed by atoms with E-state index in [-0.39, 0.29) is 23.2 Å². The molecule has 18 heavy (non-hydrogen) atoms. The highest BCUT2D eigenvalue weighted by Crippen LogP contribution is 2.24. The van der Waals surface area contributed by atoms with Gasteiger partial charge in [-0.2, -0.15) is 0 Å². The molecule has 1 unspecified atom stereocenters. The molecule has 1 saturated heterocycles. The number of nitrogens with zero attached hydrogens (tertiary/aromatic N) is 2. The van der Waals surface area contributed by atoms with Crippen LogP contribution in [-0.4, -0.2) is 40.9 Å². The number of aliphatic hydroxyl groups excluding tert-OH is 1. The maximum absolute atomic E-state index is 11.0. The number of aromatic nitrogens is 1. The van der Waals surface area contributed by atoms with Gasteiger partial charge in [-0.3, -0.25) is 0 Å². The van der Waals surface area contributed by atoms with Crippen molar-refractivity contribution in [3.8, 4) is 0 Å². The predicted molar refractivity (Wildman–Crippen MR) is 68.2 cm³/mol. The van der Waals surface area contributed by atoms with E-state index in [1.807, 2.05) is 4.90 Å². The van der Waals surface area contributed by atoms with E-state index in [4.69, 9.17) is 16.7 Å².